The lowest BCUT2D eigenvalue weighted by atomic mass is 10.2. The molecule has 0 saturated heterocycles. The highest BCUT2D eigenvalue weighted by Crippen LogP contribution is 2.35. The summed E-state index contributed by atoms with van der Waals surface area (Å²) in [4.78, 5) is 28.3. The first-order chi connectivity index (χ1) is 17.2. The number of hydrogen-bond donors (Lipinski definition) is 3. The van der Waals surface area contributed by atoms with Gasteiger partial charge in [-0.1, -0.05) is 6.07 Å². The summed E-state index contributed by atoms with van der Waals surface area (Å²) in [6, 6.07) is 11.3. The van der Waals surface area contributed by atoms with Crippen molar-refractivity contribution in [2.75, 3.05) is 38.0 Å². The molecule has 190 valence electrons. The van der Waals surface area contributed by atoms with Crippen molar-refractivity contribution in [2.45, 2.75) is 6.18 Å². The van der Waals surface area contributed by atoms with Crippen LogP contribution in [0.1, 0.15) is 16.1 Å². The number of rotatable bonds is 9. The molecule has 1 aromatic heterocycles. The van der Waals surface area contributed by atoms with Gasteiger partial charge in [-0.25, -0.2) is 4.79 Å². The van der Waals surface area contributed by atoms with Gasteiger partial charge in [0, 0.05) is 38.2 Å². The van der Waals surface area contributed by atoms with Crippen molar-refractivity contribution >= 4 is 23.3 Å². The largest absolute Gasteiger partial charge is 0.489 e. The van der Waals surface area contributed by atoms with Crippen LogP contribution in [-0.2, 0) is 10.9 Å². The first-order valence-electron chi connectivity index (χ1n) is 10.6. The van der Waals surface area contributed by atoms with Crippen LogP contribution in [0.25, 0.3) is 0 Å². The van der Waals surface area contributed by atoms with Crippen molar-refractivity contribution in [1.82, 2.24) is 10.3 Å². The average Bonchev–Trinajstić information content (AvgIpc) is 2.84. The van der Waals surface area contributed by atoms with Gasteiger partial charge in [-0.2, -0.15) is 13.2 Å². The lowest BCUT2D eigenvalue weighted by Crippen LogP contribution is -2.20. The van der Waals surface area contributed by atoms with E-state index in [4.69, 9.17) is 14.2 Å². The molecule has 12 heteroatoms. The molecule has 0 bridgehead atoms. The minimum absolute atomic E-state index is 0.0527. The number of hydrogen-bond acceptors (Lipinski definition) is 6. The van der Waals surface area contributed by atoms with E-state index in [1.54, 1.807) is 24.3 Å². The zero-order chi connectivity index (χ0) is 26.1. The second kappa shape index (κ2) is 11.9. The molecule has 0 aliphatic rings. The molecule has 3 amide bonds. The van der Waals surface area contributed by atoms with Crippen LogP contribution in [0.4, 0.5) is 29.3 Å². The fraction of sp³-hybridized carbons (Fsp3) is 0.208. The zero-order valence-electron chi connectivity index (χ0n) is 19.3. The number of anilines is 2. The molecule has 9 nitrogen and oxygen atoms in total. The summed E-state index contributed by atoms with van der Waals surface area (Å²) in [5, 5.41) is 7.39. The number of benzene rings is 2. The minimum Gasteiger partial charge on any atom is -0.489 e. The molecule has 0 aliphatic heterocycles. The Morgan fingerprint density at radius 1 is 0.972 bits per heavy atom. The Kier molecular flexibility index (Phi) is 8.68. The molecule has 3 aromatic rings. The van der Waals surface area contributed by atoms with Gasteiger partial charge in [0.2, 0.25) is 0 Å². The Morgan fingerprint density at radius 3 is 2.47 bits per heavy atom. The smallest absolute Gasteiger partial charge is 0.416 e. The van der Waals surface area contributed by atoms with E-state index in [9.17, 15) is 22.8 Å². The number of methoxy groups -OCH3 is 1. The van der Waals surface area contributed by atoms with Gasteiger partial charge in [-0.3, -0.25) is 9.78 Å². The summed E-state index contributed by atoms with van der Waals surface area (Å²) >= 11 is 0. The number of nitrogens with one attached hydrogen (secondary N) is 3. The molecular weight excluding hydrogens is 481 g/mol. The second-order valence-corrected chi connectivity index (χ2v) is 7.21. The summed E-state index contributed by atoms with van der Waals surface area (Å²) in [6.07, 6.45) is -3.19. The van der Waals surface area contributed by atoms with E-state index in [-0.39, 0.29) is 36.3 Å². The maximum Gasteiger partial charge on any atom is 0.416 e. The lowest BCUT2D eigenvalue weighted by Gasteiger charge is -2.16. The van der Waals surface area contributed by atoms with E-state index < -0.39 is 17.8 Å². The molecule has 0 radical (unpaired) electrons. The van der Waals surface area contributed by atoms with Crippen molar-refractivity contribution in [2.24, 2.45) is 0 Å². The predicted molar refractivity (Wildman–Crippen MR) is 126 cm³/mol. The van der Waals surface area contributed by atoms with Crippen LogP contribution in [0.2, 0.25) is 0 Å². The third-order valence-electron chi connectivity index (χ3n) is 4.62. The van der Waals surface area contributed by atoms with E-state index in [0.717, 1.165) is 18.2 Å². The number of carbonyl (C=O) groups excluding carboxylic acids is 2. The van der Waals surface area contributed by atoms with E-state index in [1.807, 2.05) is 0 Å². The van der Waals surface area contributed by atoms with Gasteiger partial charge in [-0.05, 0) is 36.4 Å². The first kappa shape index (κ1) is 26.3. The molecular formula is C24H23F3N4O5. The fourth-order valence-corrected chi connectivity index (χ4v) is 2.95. The molecule has 1 heterocycles. The van der Waals surface area contributed by atoms with E-state index in [0.29, 0.717) is 17.2 Å². The zero-order valence-corrected chi connectivity index (χ0v) is 19.3. The molecule has 2 aromatic carbocycles. The van der Waals surface area contributed by atoms with Gasteiger partial charge in [0.15, 0.2) is 0 Å². The Labute approximate surface area is 204 Å². The molecule has 3 rings (SSSR count). The van der Waals surface area contributed by atoms with Crippen molar-refractivity contribution in [3.05, 3.63) is 72.1 Å². The Morgan fingerprint density at radius 2 is 1.75 bits per heavy atom. The maximum absolute atomic E-state index is 13.2. The lowest BCUT2D eigenvalue weighted by molar-refractivity contribution is -0.137. The fourth-order valence-electron chi connectivity index (χ4n) is 2.95. The van der Waals surface area contributed by atoms with Gasteiger partial charge in [0.05, 0.1) is 17.9 Å². The summed E-state index contributed by atoms with van der Waals surface area (Å²) in [7, 11) is 2.93. The number of urea groups is 1. The van der Waals surface area contributed by atoms with Gasteiger partial charge >= 0.3 is 12.2 Å². The van der Waals surface area contributed by atoms with Crippen LogP contribution in [0.5, 0.6) is 17.2 Å². The standard InChI is InChI=1S/C24H23F3N4O5/c1-28-22(32)20-14-18(8-9-29-20)36-17-5-3-4-16(13-17)30-23(33)31-19-12-15(24(25,26)27)6-7-21(19)35-11-10-34-2/h3-9,12-14H,10-11H2,1-2H3,(H,28,32)(H2,30,31,33). The molecule has 0 unspecified atom stereocenters. The van der Waals surface area contributed by atoms with E-state index in [2.05, 4.69) is 20.9 Å². The number of nitrogens with zero attached hydrogens (tertiary/aromatic N) is 1. The highest BCUT2D eigenvalue weighted by atomic mass is 19.4. The van der Waals surface area contributed by atoms with Gasteiger partial charge in [0.1, 0.15) is 29.5 Å². The number of alkyl halides is 3. The van der Waals surface area contributed by atoms with Crippen LogP contribution in [-0.4, -0.2) is 44.3 Å². The van der Waals surface area contributed by atoms with Crippen molar-refractivity contribution < 1.29 is 37.0 Å². The van der Waals surface area contributed by atoms with Crippen LogP contribution in [0, 0.1) is 0 Å². The normalized spacial score (nSPS) is 10.9. The molecule has 0 saturated carbocycles. The Balaban J connectivity index is 1.73. The quantitative estimate of drug-likeness (QED) is 0.357. The van der Waals surface area contributed by atoms with Gasteiger partial charge in [0.25, 0.3) is 5.91 Å². The summed E-state index contributed by atoms with van der Waals surface area (Å²) in [5.41, 5.74) is -0.641. The molecule has 3 N–H and O–H groups in total. The number of amides is 3. The molecule has 0 fully saturated rings. The highest BCUT2D eigenvalue weighted by Gasteiger charge is 2.31. The predicted octanol–water partition coefficient (Wildman–Crippen LogP) is 4.92. The number of aromatic nitrogens is 1. The van der Waals surface area contributed by atoms with E-state index >= 15 is 0 Å². The minimum atomic E-state index is -4.60. The van der Waals surface area contributed by atoms with E-state index in [1.165, 1.54) is 32.5 Å². The number of carbonyl (C=O) groups is 2. The molecule has 0 atom stereocenters. The first-order valence-corrected chi connectivity index (χ1v) is 10.6. The van der Waals surface area contributed by atoms with Crippen molar-refractivity contribution in [3.63, 3.8) is 0 Å². The molecule has 0 aliphatic carbocycles. The highest BCUT2D eigenvalue weighted by molar-refractivity contribution is 6.00. The third-order valence-corrected chi connectivity index (χ3v) is 4.62. The number of ether oxygens (including phenoxy) is 3. The third kappa shape index (κ3) is 7.34. The monoisotopic (exact) mass is 504 g/mol. The average molecular weight is 504 g/mol. The summed E-state index contributed by atoms with van der Waals surface area (Å²) in [6.45, 7) is 0.287. The number of pyridine rings is 1. The maximum atomic E-state index is 13.2. The van der Waals surface area contributed by atoms with Gasteiger partial charge < -0.3 is 30.2 Å². The van der Waals surface area contributed by atoms with Crippen LogP contribution in [0.15, 0.2) is 60.8 Å². The molecule has 0 spiro atoms. The topological polar surface area (TPSA) is 111 Å². The van der Waals surface area contributed by atoms with Crippen LogP contribution in [0.3, 0.4) is 0 Å². The summed E-state index contributed by atoms with van der Waals surface area (Å²) < 4.78 is 55.6. The van der Waals surface area contributed by atoms with Crippen molar-refractivity contribution in [3.8, 4) is 17.2 Å². The van der Waals surface area contributed by atoms with Crippen molar-refractivity contribution in [1.29, 1.82) is 0 Å². The Hall–Kier alpha value is -4.32. The Bertz CT molecular complexity index is 1220. The van der Waals surface area contributed by atoms with Crippen LogP contribution < -0.4 is 25.4 Å². The summed E-state index contributed by atoms with van der Waals surface area (Å²) in [5.74, 6) is 0.348. The molecule has 36 heavy (non-hydrogen) atoms. The van der Waals surface area contributed by atoms with Crippen LogP contribution >= 0.6 is 0 Å². The number of halogens is 3. The SMILES string of the molecule is CNC(=O)c1cc(Oc2cccc(NC(=O)Nc3cc(C(F)(F)F)ccc3OCCOC)c2)ccn1. The van der Waals surface area contributed by atoms with Gasteiger partial charge in [-0.15, -0.1) is 0 Å². The second-order valence-electron chi connectivity index (χ2n) is 7.21.